The second kappa shape index (κ2) is 8.11. The maximum atomic E-state index is 11.9. The third-order valence-corrected chi connectivity index (χ3v) is 3.21. The molecule has 0 aliphatic heterocycles. The van der Waals surface area contributed by atoms with Crippen LogP contribution in [0.15, 0.2) is 18.2 Å². The molecule has 1 amide bonds. The SMILES string of the molecule is CC(C)c1ccc(C(=O)NCCCCC(=O)O)cc1[N+](=O)[O-]. The second-order valence-corrected chi connectivity index (χ2v) is 5.29. The van der Waals surface area contributed by atoms with E-state index in [9.17, 15) is 19.7 Å². The number of carboxylic acids is 1. The Bertz CT molecular complexity index is 569. The number of amides is 1. The number of rotatable bonds is 8. The number of nitro groups is 1. The first-order valence-corrected chi connectivity index (χ1v) is 7.11. The molecular weight excluding hydrogens is 288 g/mol. The Kier molecular flexibility index (Phi) is 6.49. The molecule has 1 aromatic rings. The zero-order valence-electron chi connectivity index (χ0n) is 12.7. The first-order chi connectivity index (χ1) is 10.3. The molecule has 0 aliphatic rings. The van der Waals surface area contributed by atoms with Crippen LogP contribution < -0.4 is 5.32 Å². The van der Waals surface area contributed by atoms with Crippen LogP contribution in [0.3, 0.4) is 0 Å². The molecule has 1 rings (SSSR count). The molecule has 0 bridgehead atoms. The molecule has 0 radical (unpaired) electrons. The van der Waals surface area contributed by atoms with Crippen molar-refractivity contribution in [2.24, 2.45) is 0 Å². The number of nitro benzene ring substituents is 1. The van der Waals surface area contributed by atoms with Gasteiger partial charge in [0.15, 0.2) is 0 Å². The van der Waals surface area contributed by atoms with Crippen molar-refractivity contribution in [2.75, 3.05) is 6.54 Å². The molecule has 0 atom stereocenters. The number of unbranched alkanes of at least 4 members (excludes halogenated alkanes) is 1. The lowest BCUT2D eigenvalue weighted by atomic mass is 9.99. The van der Waals surface area contributed by atoms with Crippen LogP contribution in [0.25, 0.3) is 0 Å². The van der Waals surface area contributed by atoms with Gasteiger partial charge in [0.2, 0.25) is 0 Å². The first-order valence-electron chi connectivity index (χ1n) is 7.11. The first kappa shape index (κ1) is 17.6. The molecule has 0 aromatic heterocycles. The van der Waals surface area contributed by atoms with Crippen LogP contribution in [0.2, 0.25) is 0 Å². The molecule has 120 valence electrons. The number of benzene rings is 1. The van der Waals surface area contributed by atoms with E-state index in [1.54, 1.807) is 12.1 Å². The molecule has 0 saturated heterocycles. The summed E-state index contributed by atoms with van der Waals surface area (Å²) in [5, 5.41) is 22.2. The van der Waals surface area contributed by atoms with E-state index in [-0.39, 0.29) is 23.6 Å². The van der Waals surface area contributed by atoms with Gasteiger partial charge < -0.3 is 10.4 Å². The molecule has 2 N–H and O–H groups in total. The molecule has 0 aliphatic carbocycles. The highest BCUT2D eigenvalue weighted by Crippen LogP contribution is 2.27. The highest BCUT2D eigenvalue weighted by molar-refractivity contribution is 5.95. The van der Waals surface area contributed by atoms with E-state index in [1.807, 2.05) is 13.8 Å². The van der Waals surface area contributed by atoms with Crippen LogP contribution in [0.4, 0.5) is 5.69 Å². The van der Waals surface area contributed by atoms with Gasteiger partial charge in [-0.05, 0) is 24.8 Å². The lowest BCUT2D eigenvalue weighted by Gasteiger charge is -2.09. The van der Waals surface area contributed by atoms with Crippen LogP contribution in [0.5, 0.6) is 0 Å². The van der Waals surface area contributed by atoms with Crippen molar-refractivity contribution in [3.05, 3.63) is 39.4 Å². The predicted molar refractivity (Wildman–Crippen MR) is 81.0 cm³/mol. The van der Waals surface area contributed by atoms with E-state index in [1.165, 1.54) is 6.07 Å². The van der Waals surface area contributed by atoms with Gasteiger partial charge in [-0.2, -0.15) is 0 Å². The summed E-state index contributed by atoms with van der Waals surface area (Å²) in [6, 6.07) is 4.44. The van der Waals surface area contributed by atoms with Crippen molar-refractivity contribution >= 4 is 17.6 Å². The van der Waals surface area contributed by atoms with Gasteiger partial charge in [0.1, 0.15) is 0 Å². The van der Waals surface area contributed by atoms with E-state index in [0.29, 0.717) is 24.9 Å². The van der Waals surface area contributed by atoms with Crippen molar-refractivity contribution in [1.82, 2.24) is 5.32 Å². The second-order valence-electron chi connectivity index (χ2n) is 5.29. The quantitative estimate of drug-likeness (QED) is 0.436. The number of hydrogen-bond acceptors (Lipinski definition) is 4. The molecule has 7 nitrogen and oxygen atoms in total. The van der Waals surface area contributed by atoms with E-state index >= 15 is 0 Å². The molecule has 22 heavy (non-hydrogen) atoms. The molecule has 0 heterocycles. The van der Waals surface area contributed by atoms with Gasteiger partial charge in [-0.15, -0.1) is 0 Å². The zero-order chi connectivity index (χ0) is 16.7. The summed E-state index contributed by atoms with van der Waals surface area (Å²) < 4.78 is 0. The Morgan fingerprint density at radius 1 is 1.32 bits per heavy atom. The van der Waals surface area contributed by atoms with Crippen molar-refractivity contribution in [3.63, 3.8) is 0 Å². The minimum Gasteiger partial charge on any atom is -0.481 e. The number of nitrogens with one attached hydrogen (secondary N) is 1. The molecule has 0 spiro atoms. The summed E-state index contributed by atoms with van der Waals surface area (Å²) in [6.45, 7) is 4.04. The fraction of sp³-hybridized carbons (Fsp3) is 0.467. The molecule has 1 aromatic carbocycles. The summed E-state index contributed by atoms with van der Waals surface area (Å²) >= 11 is 0. The van der Waals surface area contributed by atoms with E-state index in [2.05, 4.69) is 5.32 Å². The van der Waals surface area contributed by atoms with Crippen LogP contribution in [0.1, 0.15) is 54.9 Å². The van der Waals surface area contributed by atoms with Gasteiger partial charge in [0.05, 0.1) is 4.92 Å². The maximum absolute atomic E-state index is 11.9. The molecule has 0 unspecified atom stereocenters. The van der Waals surface area contributed by atoms with Crippen LogP contribution in [-0.4, -0.2) is 28.5 Å². The summed E-state index contributed by atoms with van der Waals surface area (Å²) in [5.74, 6) is -1.27. The van der Waals surface area contributed by atoms with E-state index in [0.717, 1.165) is 0 Å². The number of aliphatic carboxylic acids is 1. The fourth-order valence-electron chi connectivity index (χ4n) is 2.04. The third kappa shape index (κ3) is 5.16. The van der Waals surface area contributed by atoms with Crippen LogP contribution >= 0.6 is 0 Å². The number of carboxylic acid groups (broad SMARTS) is 1. The maximum Gasteiger partial charge on any atom is 0.303 e. The smallest absolute Gasteiger partial charge is 0.303 e. The van der Waals surface area contributed by atoms with Crippen LogP contribution in [0, 0.1) is 10.1 Å². The Morgan fingerprint density at radius 2 is 2.00 bits per heavy atom. The average Bonchev–Trinajstić information content (AvgIpc) is 2.45. The monoisotopic (exact) mass is 308 g/mol. The normalized spacial score (nSPS) is 10.5. The molecular formula is C15H20N2O5. The number of hydrogen-bond donors (Lipinski definition) is 2. The largest absolute Gasteiger partial charge is 0.481 e. The number of nitrogens with zero attached hydrogens (tertiary/aromatic N) is 1. The van der Waals surface area contributed by atoms with Gasteiger partial charge in [-0.25, -0.2) is 0 Å². The predicted octanol–water partition coefficient (Wildman–Crippen LogP) is 2.70. The lowest BCUT2D eigenvalue weighted by Crippen LogP contribution is -2.24. The standard InChI is InChI=1S/C15H20N2O5/c1-10(2)12-7-6-11(9-13(12)17(21)22)15(20)16-8-4-3-5-14(18)19/h6-7,9-10H,3-5,8H2,1-2H3,(H,16,20)(H,18,19). The van der Waals surface area contributed by atoms with Crippen molar-refractivity contribution in [1.29, 1.82) is 0 Å². The van der Waals surface area contributed by atoms with Gasteiger partial charge in [-0.1, -0.05) is 19.9 Å². The van der Waals surface area contributed by atoms with Gasteiger partial charge in [-0.3, -0.25) is 19.7 Å². The summed E-state index contributed by atoms with van der Waals surface area (Å²) in [6.07, 6.45) is 1.08. The average molecular weight is 308 g/mol. The van der Waals surface area contributed by atoms with Gasteiger partial charge in [0.25, 0.3) is 11.6 Å². The summed E-state index contributed by atoms with van der Waals surface area (Å²) in [4.78, 5) is 32.9. The van der Waals surface area contributed by atoms with E-state index < -0.39 is 16.8 Å². The summed E-state index contributed by atoms with van der Waals surface area (Å²) in [7, 11) is 0. The van der Waals surface area contributed by atoms with E-state index in [4.69, 9.17) is 5.11 Å². The van der Waals surface area contributed by atoms with Gasteiger partial charge >= 0.3 is 5.97 Å². The molecule has 0 saturated carbocycles. The van der Waals surface area contributed by atoms with Crippen LogP contribution in [-0.2, 0) is 4.79 Å². The van der Waals surface area contributed by atoms with Crippen molar-refractivity contribution < 1.29 is 19.6 Å². The highest BCUT2D eigenvalue weighted by Gasteiger charge is 2.19. The number of carbonyl (C=O) groups excluding carboxylic acids is 1. The fourth-order valence-corrected chi connectivity index (χ4v) is 2.04. The highest BCUT2D eigenvalue weighted by atomic mass is 16.6. The Morgan fingerprint density at radius 3 is 2.55 bits per heavy atom. The minimum atomic E-state index is -0.869. The molecule has 0 fully saturated rings. The Hall–Kier alpha value is -2.44. The Labute approximate surface area is 128 Å². The Balaban J connectivity index is 2.68. The van der Waals surface area contributed by atoms with Crippen molar-refractivity contribution in [3.8, 4) is 0 Å². The summed E-state index contributed by atoms with van der Waals surface area (Å²) in [5.41, 5.74) is 0.755. The minimum absolute atomic E-state index is 0.00599. The lowest BCUT2D eigenvalue weighted by molar-refractivity contribution is -0.385. The topological polar surface area (TPSA) is 110 Å². The number of carbonyl (C=O) groups is 2. The van der Waals surface area contributed by atoms with Crippen molar-refractivity contribution in [2.45, 2.75) is 39.0 Å². The van der Waals surface area contributed by atoms with Gasteiger partial charge in [0, 0.05) is 30.2 Å². The third-order valence-electron chi connectivity index (χ3n) is 3.21. The molecule has 7 heteroatoms. The zero-order valence-corrected chi connectivity index (χ0v) is 12.7.